The predicted molar refractivity (Wildman–Crippen MR) is 103 cm³/mol. The maximum Gasteiger partial charge on any atom is 0.309 e. The molecule has 0 radical (unpaired) electrons. The van der Waals surface area contributed by atoms with E-state index in [1.807, 2.05) is 37.3 Å². The number of benzene rings is 1. The van der Waals surface area contributed by atoms with Gasteiger partial charge in [-0.25, -0.2) is 4.98 Å². The highest BCUT2D eigenvalue weighted by Gasteiger charge is 2.32. The zero-order valence-corrected chi connectivity index (χ0v) is 15.8. The van der Waals surface area contributed by atoms with Crippen LogP contribution in [-0.2, 0) is 11.3 Å². The summed E-state index contributed by atoms with van der Waals surface area (Å²) < 4.78 is 0. The van der Waals surface area contributed by atoms with Crippen LogP contribution in [0.25, 0.3) is 0 Å². The number of pyridine rings is 1. The molecule has 1 fully saturated rings. The van der Waals surface area contributed by atoms with E-state index in [9.17, 15) is 4.79 Å². The molecule has 0 bridgehead atoms. The summed E-state index contributed by atoms with van der Waals surface area (Å²) in [5.41, 5.74) is 3.20. The number of hydrogen-bond acceptors (Lipinski definition) is 4. The van der Waals surface area contributed by atoms with E-state index >= 15 is 0 Å². The Morgan fingerprint density at radius 1 is 1.38 bits per heavy atom. The third-order valence-electron chi connectivity index (χ3n) is 4.81. The lowest BCUT2D eigenvalue weighted by Crippen LogP contribution is -2.49. The molecule has 2 aromatic rings. The number of likely N-dealkylation sites (tertiary alicyclic amines) is 1. The molecule has 6 heteroatoms. The maximum atomic E-state index is 10.9. The molecule has 0 saturated carbocycles. The number of hydrogen-bond donors (Lipinski definition) is 2. The Morgan fingerprint density at radius 2 is 2.15 bits per heavy atom. The molecule has 1 atom stereocenters. The number of carboxylic acids is 1. The minimum absolute atomic E-state index is 0.161. The van der Waals surface area contributed by atoms with Crippen LogP contribution in [0.1, 0.15) is 36.2 Å². The lowest BCUT2D eigenvalue weighted by Gasteiger charge is -2.36. The van der Waals surface area contributed by atoms with Crippen LogP contribution in [0.3, 0.4) is 0 Å². The minimum atomic E-state index is -0.714. The fraction of sp³-hybridized carbons (Fsp3) is 0.400. The second-order valence-electron chi connectivity index (χ2n) is 6.86. The van der Waals surface area contributed by atoms with Crippen molar-refractivity contribution >= 4 is 23.4 Å². The van der Waals surface area contributed by atoms with Crippen LogP contribution in [0.2, 0.25) is 5.02 Å². The van der Waals surface area contributed by atoms with Crippen LogP contribution in [-0.4, -0.2) is 34.0 Å². The molecule has 1 aromatic heterocycles. The van der Waals surface area contributed by atoms with Gasteiger partial charge in [0.2, 0.25) is 0 Å². The van der Waals surface area contributed by atoms with Crippen LogP contribution in [0.15, 0.2) is 36.4 Å². The van der Waals surface area contributed by atoms with E-state index in [1.54, 1.807) is 0 Å². The van der Waals surface area contributed by atoms with Gasteiger partial charge in [0.25, 0.3) is 0 Å². The minimum Gasteiger partial charge on any atom is -0.481 e. The fourth-order valence-electron chi connectivity index (χ4n) is 3.22. The van der Waals surface area contributed by atoms with E-state index < -0.39 is 5.97 Å². The van der Waals surface area contributed by atoms with Gasteiger partial charge in [-0.05, 0) is 42.7 Å². The number of anilines is 1. The van der Waals surface area contributed by atoms with E-state index in [1.165, 1.54) is 5.56 Å². The van der Waals surface area contributed by atoms with Crippen LogP contribution < -0.4 is 5.32 Å². The molecule has 0 spiro atoms. The third kappa shape index (κ3) is 4.34. The van der Waals surface area contributed by atoms with Crippen LogP contribution >= 0.6 is 11.6 Å². The standard InChI is InChI=1S/C20H24ClN3O2/c1-3-18(14-7-8-17(21)13(2)9-14)23-19-6-4-5-16(22-19)12-24-10-15(11-24)20(25)26/h4-9,15,18H,3,10-12H2,1-2H3,(H,22,23)(H,25,26)/t18-/m1/s1. The monoisotopic (exact) mass is 373 g/mol. The van der Waals surface area contributed by atoms with Gasteiger partial charge in [-0.15, -0.1) is 0 Å². The second-order valence-corrected chi connectivity index (χ2v) is 7.26. The quantitative estimate of drug-likeness (QED) is 0.764. The number of halogens is 1. The Labute approximate surface area is 159 Å². The average molecular weight is 374 g/mol. The molecule has 5 nitrogen and oxygen atoms in total. The van der Waals surface area contributed by atoms with Crippen molar-refractivity contribution in [3.8, 4) is 0 Å². The van der Waals surface area contributed by atoms with E-state index in [0.29, 0.717) is 19.6 Å². The van der Waals surface area contributed by atoms with Gasteiger partial charge in [0, 0.05) is 24.7 Å². The fourth-order valence-corrected chi connectivity index (χ4v) is 3.33. The normalized spacial score (nSPS) is 16.1. The lowest BCUT2D eigenvalue weighted by atomic mass is 10.0. The number of aromatic nitrogens is 1. The first-order chi connectivity index (χ1) is 12.5. The lowest BCUT2D eigenvalue weighted by molar-refractivity contribution is -0.147. The molecule has 1 saturated heterocycles. The molecular formula is C20H24ClN3O2. The number of aliphatic carboxylic acids is 1. The Hall–Kier alpha value is -2.11. The van der Waals surface area contributed by atoms with Crippen LogP contribution in [0.4, 0.5) is 5.82 Å². The van der Waals surface area contributed by atoms with Crippen molar-refractivity contribution in [1.82, 2.24) is 9.88 Å². The Kier molecular flexibility index (Phi) is 5.79. The first-order valence-corrected chi connectivity index (χ1v) is 9.27. The number of rotatable bonds is 7. The smallest absolute Gasteiger partial charge is 0.309 e. The summed E-state index contributed by atoms with van der Waals surface area (Å²) >= 11 is 6.13. The van der Waals surface area contributed by atoms with Crippen LogP contribution in [0.5, 0.6) is 0 Å². The largest absolute Gasteiger partial charge is 0.481 e. The number of nitrogens with one attached hydrogen (secondary N) is 1. The van der Waals surface area contributed by atoms with Crippen molar-refractivity contribution in [2.24, 2.45) is 5.92 Å². The van der Waals surface area contributed by atoms with Gasteiger partial charge in [0.05, 0.1) is 17.7 Å². The van der Waals surface area contributed by atoms with E-state index in [2.05, 4.69) is 23.2 Å². The van der Waals surface area contributed by atoms with Gasteiger partial charge in [0.15, 0.2) is 0 Å². The molecule has 26 heavy (non-hydrogen) atoms. The molecule has 1 aliphatic rings. The highest BCUT2D eigenvalue weighted by Crippen LogP contribution is 2.26. The van der Waals surface area contributed by atoms with Crippen molar-refractivity contribution in [3.05, 3.63) is 58.2 Å². The number of carboxylic acid groups (broad SMARTS) is 1. The summed E-state index contributed by atoms with van der Waals surface area (Å²) in [5, 5.41) is 13.2. The molecule has 0 aliphatic carbocycles. The zero-order valence-electron chi connectivity index (χ0n) is 15.1. The summed E-state index contributed by atoms with van der Waals surface area (Å²) in [6, 6.07) is 12.2. The second kappa shape index (κ2) is 8.06. The van der Waals surface area contributed by atoms with Crippen molar-refractivity contribution in [2.75, 3.05) is 18.4 Å². The molecular weight excluding hydrogens is 350 g/mol. The van der Waals surface area contributed by atoms with Gasteiger partial charge < -0.3 is 10.4 Å². The highest BCUT2D eigenvalue weighted by molar-refractivity contribution is 6.31. The summed E-state index contributed by atoms with van der Waals surface area (Å²) in [4.78, 5) is 17.7. The van der Waals surface area contributed by atoms with Crippen LogP contribution in [0, 0.1) is 12.8 Å². The molecule has 2 N–H and O–H groups in total. The first-order valence-electron chi connectivity index (χ1n) is 8.90. The molecule has 3 rings (SSSR count). The van der Waals surface area contributed by atoms with Gasteiger partial charge in [-0.1, -0.05) is 36.7 Å². The molecule has 138 valence electrons. The molecule has 2 heterocycles. The Morgan fingerprint density at radius 3 is 2.81 bits per heavy atom. The van der Waals surface area contributed by atoms with Crippen molar-refractivity contribution < 1.29 is 9.90 Å². The summed E-state index contributed by atoms with van der Waals surface area (Å²) in [7, 11) is 0. The molecule has 0 amide bonds. The highest BCUT2D eigenvalue weighted by atomic mass is 35.5. The number of aryl methyl sites for hydroxylation is 1. The summed E-state index contributed by atoms with van der Waals surface area (Å²) in [6.07, 6.45) is 0.930. The van der Waals surface area contributed by atoms with E-state index in [-0.39, 0.29) is 12.0 Å². The number of nitrogens with zero attached hydrogens (tertiary/aromatic N) is 2. The first kappa shape index (κ1) is 18.7. The molecule has 0 unspecified atom stereocenters. The Bertz CT molecular complexity index is 790. The van der Waals surface area contributed by atoms with Crippen molar-refractivity contribution in [2.45, 2.75) is 32.9 Å². The topological polar surface area (TPSA) is 65.5 Å². The maximum absolute atomic E-state index is 10.9. The summed E-state index contributed by atoms with van der Waals surface area (Å²) in [6.45, 7) is 6.01. The van der Waals surface area contributed by atoms with Gasteiger partial charge in [0.1, 0.15) is 5.82 Å². The average Bonchev–Trinajstić information content (AvgIpc) is 2.58. The van der Waals surface area contributed by atoms with Gasteiger partial charge in [-0.3, -0.25) is 9.69 Å². The van der Waals surface area contributed by atoms with E-state index in [0.717, 1.165) is 28.5 Å². The van der Waals surface area contributed by atoms with E-state index in [4.69, 9.17) is 21.7 Å². The zero-order chi connectivity index (χ0) is 18.7. The molecule has 1 aromatic carbocycles. The summed E-state index contributed by atoms with van der Waals surface area (Å²) in [5.74, 6) is -0.125. The Balaban J connectivity index is 1.65. The molecule has 1 aliphatic heterocycles. The van der Waals surface area contributed by atoms with Gasteiger partial charge in [-0.2, -0.15) is 0 Å². The van der Waals surface area contributed by atoms with Crippen molar-refractivity contribution in [3.63, 3.8) is 0 Å². The van der Waals surface area contributed by atoms with Gasteiger partial charge >= 0.3 is 5.97 Å². The predicted octanol–water partition coefficient (Wildman–Crippen LogP) is 4.12. The van der Waals surface area contributed by atoms with Crippen molar-refractivity contribution in [1.29, 1.82) is 0 Å². The SMILES string of the molecule is CC[C@@H](Nc1cccc(CN2CC(C(=O)O)C2)n1)c1ccc(Cl)c(C)c1. The third-order valence-corrected chi connectivity index (χ3v) is 5.24. The number of carbonyl (C=O) groups is 1.